The minimum Gasteiger partial charge on any atom is -0.456 e. The molecule has 246 valence electrons. The van der Waals surface area contributed by atoms with Gasteiger partial charge in [0.15, 0.2) is 17.5 Å². The fourth-order valence-corrected chi connectivity index (χ4v) is 7.83. The topological polar surface area (TPSA) is 51.8 Å². The van der Waals surface area contributed by atoms with Crippen LogP contribution in [0.4, 0.5) is 0 Å². The molecule has 6 aromatic carbocycles. The van der Waals surface area contributed by atoms with Crippen molar-refractivity contribution in [2.75, 3.05) is 0 Å². The van der Waals surface area contributed by atoms with Crippen LogP contribution in [0, 0.1) is 5.41 Å². The van der Waals surface area contributed by atoms with Gasteiger partial charge >= 0.3 is 0 Å². The zero-order valence-electron chi connectivity index (χ0n) is 32.4. The molecule has 2 aromatic heterocycles. The molecule has 8 aromatic rings. The first kappa shape index (κ1) is 26.0. The fraction of sp³-hybridized carbons (Fsp3) is 0.170. The van der Waals surface area contributed by atoms with Crippen molar-refractivity contribution in [2.24, 2.45) is 5.41 Å². The largest absolute Gasteiger partial charge is 0.456 e. The molecule has 51 heavy (non-hydrogen) atoms. The van der Waals surface area contributed by atoms with Crippen molar-refractivity contribution in [3.8, 4) is 56.4 Å². The van der Waals surface area contributed by atoms with Crippen molar-refractivity contribution in [1.82, 2.24) is 15.0 Å². The van der Waals surface area contributed by atoms with E-state index in [0.29, 0.717) is 34.2 Å². The van der Waals surface area contributed by atoms with Crippen LogP contribution in [0.3, 0.4) is 0 Å². The summed E-state index contributed by atoms with van der Waals surface area (Å²) >= 11 is 0. The molecular formula is C47H37N3O. The average molecular weight is 664 g/mol. The summed E-state index contributed by atoms with van der Waals surface area (Å²) in [6.07, 6.45) is -3.17. The number of nitrogens with zero attached hydrogens (tertiary/aromatic N) is 3. The maximum Gasteiger partial charge on any atom is 0.164 e. The Morgan fingerprint density at radius 1 is 0.510 bits per heavy atom. The third-order valence-corrected chi connectivity index (χ3v) is 10.5. The second-order valence-corrected chi connectivity index (χ2v) is 14.5. The molecule has 4 nitrogen and oxygen atoms in total. The van der Waals surface area contributed by atoms with E-state index in [9.17, 15) is 5.48 Å². The lowest BCUT2D eigenvalue weighted by Crippen LogP contribution is -2.34. The van der Waals surface area contributed by atoms with Crippen LogP contribution in [-0.4, -0.2) is 15.0 Å². The highest BCUT2D eigenvalue weighted by atomic mass is 16.3. The maximum absolute atomic E-state index is 9.60. The van der Waals surface area contributed by atoms with E-state index in [0.717, 1.165) is 55.3 Å². The van der Waals surface area contributed by atoms with Gasteiger partial charge in [0.2, 0.25) is 0 Å². The van der Waals surface area contributed by atoms with Crippen LogP contribution in [0.2, 0.25) is 0 Å². The van der Waals surface area contributed by atoms with Gasteiger partial charge in [-0.15, -0.1) is 0 Å². The summed E-state index contributed by atoms with van der Waals surface area (Å²) < 4.78 is 45.0. The van der Waals surface area contributed by atoms with Crippen LogP contribution < -0.4 is 0 Å². The Balaban J connectivity index is 1.13. The Bertz CT molecular complexity index is 2730. The molecule has 2 aliphatic rings. The molecule has 0 atom stereocenters. The van der Waals surface area contributed by atoms with E-state index in [1.807, 2.05) is 135 Å². The SMILES string of the molecule is [2H]C1([2H])CC(C)(C)CC([2H])([2H])C12c1ccccc1-c1ccc(-c3ccc4c(c3)oc3cccc(-c5nc(-c6ccccc6)nc(-c6ccccc6)n5)c34)cc12. The molecule has 0 bridgehead atoms. The van der Waals surface area contributed by atoms with Gasteiger partial charge in [-0.25, -0.2) is 15.0 Å². The summed E-state index contributed by atoms with van der Waals surface area (Å²) in [7, 11) is 0. The van der Waals surface area contributed by atoms with E-state index in [2.05, 4.69) is 18.2 Å². The number of hydrogen-bond donors (Lipinski definition) is 0. The monoisotopic (exact) mass is 663 g/mol. The molecule has 0 amide bonds. The summed E-state index contributed by atoms with van der Waals surface area (Å²) in [6.45, 7) is 3.96. The Kier molecular flexibility index (Phi) is 5.78. The minimum atomic E-state index is -1.84. The van der Waals surface area contributed by atoms with Gasteiger partial charge in [-0.2, -0.15) is 0 Å². The number of hydrogen-bond acceptors (Lipinski definition) is 4. The third-order valence-electron chi connectivity index (χ3n) is 10.5. The van der Waals surface area contributed by atoms with Crippen molar-refractivity contribution in [1.29, 1.82) is 0 Å². The summed E-state index contributed by atoms with van der Waals surface area (Å²) in [5.41, 5.74) is 7.10. The molecule has 0 saturated heterocycles. The maximum atomic E-state index is 9.60. The van der Waals surface area contributed by atoms with Crippen molar-refractivity contribution in [2.45, 2.75) is 44.8 Å². The average Bonchev–Trinajstić information content (AvgIpc) is 3.71. The van der Waals surface area contributed by atoms with E-state index in [1.165, 1.54) is 0 Å². The summed E-state index contributed by atoms with van der Waals surface area (Å²) in [5, 5.41) is 1.83. The normalized spacial score (nSPS) is 18.8. The highest BCUT2D eigenvalue weighted by molar-refractivity contribution is 6.12. The van der Waals surface area contributed by atoms with Gasteiger partial charge < -0.3 is 4.42 Å². The summed E-state index contributed by atoms with van der Waals surface area (Å²) in [6, 6.07) is 45.9. The van der Waals surface area contributed by atoms with Crippen molar-refractivity contribution < 1.29 is 9.90 Å². The predicted molar refractivity (Wildman–Crippen MR) is 207 cm³/mol. The zero-order chi connectivity index (χ0) is 37.7. The number of fused-ring (bicyclic) bond motifs is 8. The second kappa shape index (κ2) is 11.3. The lowest BCUT2D eigenvalue weighted by molar-refractivity contribution is 0.188. The highest BCUT2D eigenvalue weighted by Gasteiger charge is 2.46. The molecule has 1 spiro atoms. The van der Waals surface area contributed by atoms with Crippen molar-refractivity contribution in [3.63, 3.8) is 0 Å². The quantitative estimate of drug-likeness (QED) is 0.188. The molecule has 1 fully saturated rings. The zero-order valence-corrected chi connectivity index (χ0v) is 28.4. The van der Waals surface area contributed by atoms with E-state index in [1.54, 1.807) is 0 Å². The number of rotatable bonds is 4. The Morgan fingerprint density at radius 2 is 1.10 bits per heavy atom. The Morgan fingerprint density at radius 3 is 1.82 bits per heavy atom. The van der Waals surface area contributed by atoms with Crippen LogP contribution >= 0.6 is 0 Å². The predicted octanol–water partition coefficient (Wildman–Crippen LogP) is 12.3. The standard InChI is InChI=1S/C47H37N3O/c1-46(2)24-26-47(27-25-46)38-18-10-9-16-34(38)35-22-20-32(28-39(35)47)33-21-23-36-41(29-33)51-40-19-11-17-37(42(36)40)45-49-43(30-12-5-3-6-13-30)48-44(50-45)31-14-7-4-8-15-31/h3-23,28-29H,24-27H2,1-2H3/i26D2,27D2. The van der Waals surface area contributed by atoms with E-state index in [4.69, 9.17) is 19.4 Å². The first-order valence-electron chi connectivity index (χ1n) is 19.5. The molecule has 0 N–H and O–H groups in total. The van der Waals surface area contributed by atoms with Gasteiger partial charge in [0.1, 0.15) is 11.2 Å². The van der Waals surface area contributed by atoms with Gasteiger partial charge in [-0.05, 0) is 88.6 Å². The van der Waals surface area contributed by atoms with Crippen molar-refractivity contribution >= 4 is 21.9 Å². The second-order valence-electron chi connectivity index (χ2n) is 14.5. The smallest absolute Gasteiger partial charge is 0.164 e. The molecule has 0 unspecified atom stereocenters. The van der Waals surface area contributed by atoms with Gasteiger partial charge in [0, 0.05) is 38.4 Å². The fourth-order valence-electron chi connectivity index (χ4n) is 7.83. The lowest BCUT2D eigenvalue weighted by atomic mass is 9.61. The molecule has 0 radical (unpaired) electrons. The first-order valence-corrected chi connectivity index (χ1v) is 17.5. The highest BCUT2D eigenvalue weighted by Crippen LogP contribution is 2.58. The Hall–Kier alpha value is -5.87. The van der Waals surface area contributed by atoms with Crippen molar-refractivity contribution in [3.05, 3.63) is 151 Å². The van der Waals surface area contributed by atoms with Crippen LogP contribution in [0.25, 0.3) is 78.4 Å². The molecular weight excluding hydrogens is 623 g/mol. The van der Waals surface area contributed by atoms with E-state index < -0.39 is 23.6 Å². The van der Waals surface area contributed by atoms with Crippen LogP contribution in [0.15, 0.2) is 144 Å². The Labute approximate surface area is 303 Å². The molecule has 4 heteroatoms. The van der Waals surface area contributed by atoms with Gasteiger partial charge in [-0.1, -0.05) is 129 Å². The molecule has 1 saturated carbocycles. The number of aromatic nitrogens is 3. The molecule has 2 aliphatic carbocycles. The number of furan rings is 1. The molecule has 10 rings (SSSR count). The van der Waals surface area contributed by atoms with Gasteiger partial charge in [0.05, 0.1) is 0 Å². The number of benzene rings is 6. The molecule has 2 heterocycles. The van der Waals surface area contributed by atoms with Crippen LogP contribution in [0.5, 0.6) is 0 Å². The van der Waals surface area contributed by atoms with Crippen LogP contribution in [-0.2, 0) is 5.41 Å². The third kappa shape index (κ3) is 4.85. The van der Waals surface area contributed by atoms with Gasteiger partial charge in [-0.3, -0.25) is 0 Å². The summed E-state index contributed by atoms with van der Waals surface area (Å²) in [4.78, 5) is 14.9. The summed E-state index contributed by atoms with van der Waals surface area (Å²) in [5.74, 6) is 1.72. The molecule has 0 aliphatic heterocycles. The van der Waals surface area contributed by atoms with Gasteiger partial charge in [0.25, 0.3) is 0 Å². The van der Waals surface area contributed by atoms with Crippen LogP contribution in [0.1, 0.15) is 56.0 Å². The van der Waals surface area contributed by atoms with E-state index >= 15 is 0 Å². The van der Waals surface area contributed by atoms with E-state index in [-0.39, 0.29) is 12.8 Å². The lowest BCUT2D eigenvalue weighted by Gasteiger charge is -2.43. The minimum absolute atomic E-state index is 0.256. The first-order chi connectivity index (χ1) is 26.5.